The highest BCUT2D eigenvalue weighted by Crippen LogP contribution is 2.27. The summed E-state index contributed by atoms with van der Waals surface area (Å²) in [6.45, 7) is 3.22. The van der Waals surface area contributed by atoms with E-state index in [1.807, 2.05) is 31.3 Å². The van der Waals surface area contributed by atoms with E-state index in [2.05, 4.69) is 10.1 Å². The van der Waals surface area contributed by atoms with E-state index < -0.39 is 0 Å². The van der Waals surface area contributed by atoms with E-state index in [1.165, 1.54) is 0 Å². The Kier molecular flexibility index (Phi) is 2.67. The van der Waals surface area contributed by atoms with E-state index in [4.69, 9.17) is 5.26 Å². The molecule has 6 nitrogen and oxygen atoms in total. The molecule has 1 amide bonds. The van der Waals surface area contributed by atoms with Crippen LogP contribution in [-0.4, -0.2) is 38.5 Å². The summed E-state index contributed by atoms with van der Waals surface area (Å²) in [5.41, 5.74) is 1.98. The summed E-state index contributed by atoms with van der Waals surface area (Å²) in [6, 6.07) is 5.85. The van der Waals surface area contributed by atoms with Gasteiger partial charge in [0.15, 0.2) is 5.65 Å². The molecule has 0 N–H and O–H groups in total. The summed E-state index contributed by atoms with van der Waals surface area (Å²) in [7, 11) is 0. The summed E-state index contributed by atoms with van der Waals surface area (Å²) in [5.74, 6) is 0.990. The molecule has 1 saturated heterocycles. The van der Waals surface area contributed by atoms with Crippen molar-refractivity contribution in [3.8, 4) is 6.07 Å². The van der Waals surface area contributed by atoms with Gasteiger partial charge in [0.05, 0.1) is 6.07 Å². The molecule has 1 aliphatic rings. The highest BCUT2D eigenvalue weighted by Gasteiger charge is 2.31. The summed E-state index contributed by atoms with van der Waals surface area (Å²) in [5, 5.41) is 12.8. The first-order valence-corrected chi connectivity index (χ1v) is 6.15. The minimum Gasteiger partial charge on any atom is -0.340 e. The second-order valence-corrected chi connectivity index (χ2v) is 4.75. The SMILES string of the molecule is Cc1nc2ccc(C3CN(C(=O)CC#N)C3)cn2n1. The molecule has 3 heterocycles. The first-order chi connectivity index (χ1) is 9.17. The highest BCUT2D eigenvalue weighted by molar-refractivity contribution is 5.79. The van der Waals surface area contributed by atoms with Crippen molar-refractivity contribution in [3.05, 3.63) is 29.7 Å². The average molecular weight is 255 g/mol. The number of carbonyl (C=O) groups is 1. The van der Waals surface area contributed by atoms with Gasteiger partial charge in [-0.2, -0.15) is 10.4 Å². The van der Waals surface area contributed by atoms with Gasteiger partial charge in [0, 0.05) is 25.2 Å². The first kappa shape index (κ1) is 11.7. The first-order valence-electron chi connectivity index (χ1n) is 6.15. The van der Waals surface area contributed by atoms with Crippen LogP contribution < -0.4 is 0 Å². The van der Waals surface area contributed by atoms with Crippen molar-refractivity contribution in [3.63, 3.8) is 0 Å². The Hall–Kier alpha value is -2.42. The molecular formula is C13H13N5O. The van der Waals surface area contributed by atoms with Crippen LogP contribution in [0, 0.1) is 18.3 Å². The van der Waals surface area contributed by atoms with Crippen LogP contribution in [0.2, 0.25) is 0 Å². The van der Waals surface area contributed by atoms with E-state index in [9.17, 15) is 4.79 Å². The molecule has 0 aromatic carbocycles. The molecule has 6 heteroatoms. The highest BCUT2D eigenvalue weighted by atomic mass is 16.2. The fraction of sp³-hybridized carbons (Fsp3) is 0.385. The van der Waals surface area contributed by atoms with Crippen LogP contribution in [0.5, 0.6) is 0 Å². The minimum absolute atomic E-state index is 0.0337. The van der Waals surface area contributed by atoms with Crippen LogP contribution in [-0.2, 0) is 4.79 Å². The van der Waals surface area contributed by atoms with Gasteiger partial charge in [0.2, 0.25) is 5.91 Å². The third-order valence-electron chi connectivity index (χ3n) is 3.40. The Morgan fingerprint density at radius 3 is 3.05 bits per heavy atom. The lowest BCUT2D eigenvalue weighted by Gasteiger charge is -2.39. The fourth-order valence-corrected chi connectivity index (χ4v) is 2.32. The quantitative estimate of drug-likeness (QED) is 0.798. The molecule has 1 fully saturated rings. The van der Waals surface area contributed by atoms with Crippen LogP contribution in [0.3, 0.4) is 0 Å². The maximum absolute atomic E-state index is 11.5. The number of amides is 1. The second kappa shape index (κ2) is 4.35. The van der Waals surface area contributed by atoms with E-state index in [0.29, 0.717) is 19.0 Å². The molecule has 19 heavy (non-hydrogen) atoms. The predicted octanol–water partition coefficient (Wildman–Crippen LogP) is 0.877. The molecule has 0 atom stereocenters. The summed E-state index contributed by atoms with van der Waals surface area (Å²) >= 11 is 0. The Morgan fingerprint density at radius 1 is 1.53 bits per heavy atom. The third-order valence-corrected chi connectivity index (χ3v) is 3.40. The van der Waals surface area contributed by atoms with E-state index in [-0.39, 0.29) is 12.3 Å². The summed E-state index contributed by atoms with van der Waals surface area (Å²) < 4.78 is 1.77. The Morgan fingerprint density at radius 2 is 2.32 bits per heavy atom. The Balaban J connectivity index is 1.73. The number of aryl methyl sites for hydroxylation is 1. The van der Waals surface area contributed by atoms with Gasteiger partial charge in [-0.15, -0.1) is 0 Å². The largest absolute Gasteiger partial charge is 0.340 e. The number of hydrogen-bond acceptors (Lipinski definition) is 4. The number of fused-ring (bicyclic) bond motifs is 1. The van der Waals surface area contributed by atoms with Crippen molar-refractivity contribution in [2.24, 2.45) is 0 Å². The Labute approximate surface area is 110 Å². The van der Waals surface area contributed by atoms with Crippen LogP contribution in [0.25, 0.3) is 5.65 Å². The van der Waals surface area contributed by atoms with Crippen LogP contribution in [0.15, 0.2) is 18.3 Å². The monoisotopic (exact) mass is 255 g/mol. The minimum atomic E-state index is -0.0866. The maximum Gasteiger partial charge on any atom is 0.236 e. The summed E-state index contributed by atoms with van der Waals surface area (Å²) in [6.07, 6.45) is 1.93. The van der Waals surface area contributed by atoms with Crippen LogP contribution in [0.1, 0.15) is 23.7 Å². The van der Waals surface area contributed by atoms with Gasteiger partial charge in [-0.3, -0.25) is 4.79 Å². The number of carbonyl (C=O) groups excluding carboxylic acids is 1. The van der Waals surface area contributed by atoms with E-state index in [1.54, 1.807) is 9.42 Å². The normalized spacial score (nSPS) is 15.3. The lowest BCUT2D eigenvalue weighted by molar-refractivity contribution is -0.134. The van der Waals surface area contributed by atoms with Gasteiger partial charge >= 0.3 is 0 Å². The van der Waals surface area contributed by atoms with E-state index >= 15 is 0 Å². The van der Waals surface area contributed by atoms with Gasteiger partial charge in [-0.05, 0) is 18.6 Å². The number of likely N-dealkylation sites (tertiary alicyclic amines) is 1. The lowest BCUT2D eigenvalue weighted by Crippen LogP contribution is -2.48. The molecule has 1 aliphatic heterocycles. The summed E-state index contributed by atoms with van der Waals surface area (Å²) in [4.78, 5) is 17.5. The van der Waals surface area contributed by atoms with E-state index in [0.717, 1.165) is 17.0 Å². The average Bonchev–Trinajstić information content (AvgIpc) is 2.66. The third kappa shape index (κ3) is 2.03. The van der Waals surface area contributed by atoms with Crippen molar-refractivity contribution in [2.75, 3.05) is 13.1 Å². The van der Waals surface area contributed by atoms with Crippen molar-refractivity contribution >= 4 is 11.6 Å². The zero-order valence-electron chi connectivity index (χ0n) is 10.6. The molecule has 0 bridgehead atoms. The molecule has 2 aromatic rings. The molecule has 3 rings (SSSR count). The predicted molar refractivity (Wildman–Crippen MR) is 67.3 cm³/mol. The number of aromatic nitrogens is 3. The standard InChI is InChI=1S/C13H13N5O/c1-9-15-12-3-2-10(8-18(12)16-9)11-6-17(7-11)13(19)4-5-14/h2-3,8,11H,4,6-7H2,1H3. The van der Waals surface area contributed by atoms with Gasteiger partial charge in [0.25, 0.3) is 0 Å². The zero-order valence-corrected chi connectivity index (χ0v) is 10.6. The van der Waals surface area contributed by atoms with Crippen molar-refractivity contribution in [2.45, 2.75) is 19.3 Å². The Bertz CT molecular complexity index is 678. The van der Waals surface area contributed by atoms with Gasteiger partial charge in [-0.1, -0.05) is 6.07 Å². The fourth-order valence-electron chi connectivity index (χ4n) is 2.32. The molecule has 0 aliphatic carbocycles. The number of nitrogens with zero attached hydrogens (tertiary/aromatic N) is 5. The molecule has 0 radical (unpaired) electrons. The molecule has 0 unspecified atom stereocenters. The molecule has 0 saturated carbocycles. The zero-order chi connectivity index (χ0) is 13.4. The van der Waals surface area contributed by atoms with Gasteiger partial charge in [0.1, 0.15) is 12.2 Å². The molecule has 0 spiro atoms. The maximum atomic E-state index is 11.5. The number of hydrogen-bond donors (Lipinski definition) is 0. The number of nitriles is 1. The lowest BCUT2D eigenvalue weighted by atomic mass is 9.92. The van der Waals surface area contributed by atoms with Gasteiger partial charge < -0.3 is 4.90 Å². The van der Waals surface area contributed by atoms with Crippen molar-refractivity contribution in [1.82, 2.24) is 19.5 Å². The van der Waals surface area contributed by atoms with Gasteiger partial charge in [-0.25, -0.2) is 9.50 Å². The van der Waals surface area contributed by atoms with Crippen molar-refractivity contribution in [1.29, 1.82) is 5.26 Å². The van der Waals surface area contributed by atoms with Crippen LogP contribution in [0.4, 0.5) is 0 Å². The number of rotatable bonds is 2. The molecular weight excluding hydrogens is 242 g/mol. The second-order valence-electron chi connectivity index (χ2n) is 4.75. The smallest absolute Gasteiger partial charge is 0.236 e. The molecule has 2 aromatic heterocycles. The number of pyridine rings is 1. The topological polar surface area (TPSA) is 74.3 Å². The molecule has 96 valence electrons. The van der Waals surface area contributed by atoms with Crippen molar-refractivity contribution < 1.29 is 4.79 Å². The van der Waals surface area contributed by atoms with Crippen LogP contribution >= 0.6 is 0 Å².